The number of benzene rings is 3. The fraction of sp³-hybridized carbons (Fsp3) is 0.300. The maximum atomic E-state index is 13.0. The van der Waals surface area contributed by atoms with Gasteiger partial charge in [-0.25, -0.2) is 19.2 Å². The van der Waals surface area contributed by atoms with Crippen LogP contribution in [-0.4, -0.2) is 40.7 Å². The predicted octanol–water partition coefficient (Wildman–Crippen LogP) is 4.22. The van der Waals surface area contributed by atoms with Crippen LogP contribution in [0.4, 0.5) is 0 Å². The lowest BCUT2D eigenvalue weighted by molar-refractivity contribution is -0.182. The Bertz CT molecular complexity index is 1420. The van der Waals surface area contributed by atoms with Crippen LogP contribution in [0.25, 0.3) is 11.1 Å². The third-order valence-corrected chi connectivity index (χ3v) is 7.39. The monoisotopic (exact) mass is 579 g/mol. The van der Waals surface area contributed by atoms with Crippen LogP contribution in [0, 0.1) is 10.7 Å². The van der Waals surface area contributed by atoms with Crippen LogP contribution >= 0.6 is 0 Å². The third-order valence-electron chi connectivity index (χ3n) is 6.44. The summed E-state index contributed by atoms with van der Waals surface area (Å²) >= 11 is 0. The number of carbonyl (C=O) groups excluding carboxylic acids is 3. The van der Waals surface area contributed by atoms with Crippen molar-refractivity contribution in [1.82, 2.24) is 15.7 Å². The number of nitrogens with two attached hydrogens (primary N) is 1. The maximum Gasteiger partial charge on any atom is 0.252 e. The fourth-order valence-corrected chi connectivity index (χ4v) is 4.77. The molecule has 1 unspecified atom stereocenters. The smallest absolute Gasteiger partial charge is 0.252 e. The van der Waals surface area contributed by atoms with E-state index < -0.39 is 21.7 Å². The van der Waals surface area contributed by atoms with E-state index in [1.54, 1.807) is 42.5 Å². The van der Waals surface area contributed by atoms with E-state index >= 15 is 0 Å². The van der Waals surface area contributed by atoms with Gasteiger partial charge in [-0.3, -0.25) is 19.2 Å². The van der Waals surface area contributed by atoms with Gasteiger partial charge in [0.1, 0.15) is 16.5 Å². The number of carbonyl (C=O) groups is 3. The minimum Gasteiger partial charge on any atom is -0.338 e. The average molecular weight is 580 g/mol. The highest BCUT2D eigenvalue weighted by molar-refractivity contribution is 7.90. The molecule has 0 bridgehead atoms. The summed E-state index contributed by atoms with van der Waals surface area (Å²) < 4.78 is 19.5. The first-order chi connectivity index (χ1) is 19.7. The number of nitrogens with zero attached hydrogens (tertiary/aromatic N) is 1. The van der Waals surface area contributed by atoms with E-state index in [0.717, 1.165) is 29.9 Å². The number of amides is 3. The van der Waals surface area contributed by atoms with E-state index in [1.807, 2.05) is 30.3 Å². The number of rotatable bonds is 16. The summed E-state index contributed by atoms with van der Waals surface area (Å²) in [5, 5.41) is 12.1. The lowest BCUT2D eigenvalue weighted by atomic mass is 10.00. The molecule has 3 rings (SSSR count). The molecule has 3 aromatic rings. The van der Waals surface area contributed by atoms with Gasteiger partial charge in [-0.05, 0) is 47.4 Å². The van der Waals surface area contributed by atoms with Gasteiger partial charge in [-0.15, -0.1) is 0 Å². The molecular formula is C30H37N5O5S. The summed E-state index contributed by atoms with van der Waals surface area (Å²) in [5.74, 6) is -1.19. The average Bonchev–Trinajstić information content (AvgIpc) is 2.98. The topological polar surface area (TPSA) is 155 Å². The summed E-state index contributed by atoms with van der Waals surface area (Å²) in [6, 6.07) is 22.8. The number of nitrogens with one attached hydrogen (secondary N) is 3. The molecule has 0 aliphatic carbocycles. The van der Waals surface area contributed by atoms with Gasteiger partial charge in [0.05, 0.1) is 24.0 Å². The lowest BCUT2D eigenvalue weighted by Gasteiger charge is -2.23. The summed E-state index contributed by atoms with van der Waals surface area (Å²) in [7, 11) is -3.37. The van der Waals surface area contributed by atoms with Crippen molar-refractivity contribution in [2.75, 3.05) is 13.2 Å². The van der Waals surface area contributed by atoms with Crippen molar-refractivity contribution >= 4 is 28.1 Å². The minimum atomic E-state index is -3.37. The fourth-order valence-electron chi connectivity index (χ4n) is 4.18. The first-order valence-corrected chi connectivity index (χ1v) is 15.0. The molecule has 10 nitrogen and oxygen atoms in total. The van der Waals surface area contributed by atoms with E-state index in [-0.39, 0.29) is 30.6 Å². The zero-order valence-corrected chi connectivity index (χ0v) is 23.9. The molecule has 0 spiro atoms. The van der Waals surface area contributed by atoms with Crippen molar-refractivity contribution in [3.05, 3.63) is 90.0 Å². The maximum absolute atomic E-state index is 13.0. The zero-order valence-electron chi connectivity index (χ0n) is 23.1. The molecule has 0 saturated heterocycles. The van der Waals surface area contributed by atoms with Gasteiger partial charge in [0.2, 0.25) is 12.3 Å². The molecule has 0 fully saturated rings. The van der Waals surface area contributed by atoms with Crippen molar-refractivity contribution in [2.45, 2.75) is 44.1 Å². The standard InChI is InChI=1S/C30H37N5O5S/c1-2-3-5-12-27(19-35(22-36)40-20-23-10-6-4-7-11-23)30(38)34-21-33-29(37)26-15-8-13-24(17-26)25-14-9-16-28(18-25)41(31,32)39/h4,6-11,13-18,22,27H,2-3,5,12,19-21H2,1H3,(H,33,37)(H,34,38)(H3,31,32,39)/t27-/m1/s1. The number of hydroxylamine groups is 2. The van der Waals surface area contributed by atoms with Crippen LogP contribution in [0.5, 0.6) is 0 Å². The SMILES string of the molecule is CCCCC[C@H](CN(C=O)OCc1ccccc1)C(=O)NCNC(=O)c1cccc(-c2cccc(S(=N)(N)=O)c2)c1. The Balaban J connectivity index is 1.58. The summed E-state index contributed by atoms with van der Waals surface area (Å²) in [6.45, 7) is 2.27. The first-order valence-electron chi connectivity index (χ1n) is 13.4. The van der Waals surface area contributed by atoms with Gasteiger partial charge in [0.15, 0.2) is 0 Å². The Hall–Kier alpha value is -4.06. The van der Waals surface area contributed by atoms with Gasteiger partial charge in [0, 0.05) is 5.56 Å². The largest absolute Gasteiger partial charge is 0.338 e. The van der Waals surface area contributed by atoms with Gasteiger partial charge >= 0.3 is 0 Å². The highest BCUT2D eigenvalue weighted by atomic mass is 32.2. The molecule has 2 atom stereocenters. The molecule has 218 valence electrons. The molecule has 0 aromatic heterocycles. The third kappa shape index (κ3) is 10.1. The van der Waals surface area contributed by atoms with Crippen LogP contribution < -0.4 is 15.8 Å². The van der Waals surface area contributed by atoms with E-state index in [4.69, 9.17) is 14.8 Å². The Labute approximate surface area is 241 Å². The van der Waals surface area contributed by atoms with E-state index in [9.17, 15) is 18.6 Å². The molecule has 0 radical (unpaired) electrons. The molecule has 0 saturated carbocycles. The summed E-state index contributed by atoms with van der Waals surface area (Å²) in [5.41, 5.74) is 2.62. The highest BCUT2D eigenvalue weighted by Crippen LogP contribution is 2.23. The molecular weight excluding hydrogens is 542 g/mol. The van der Waals surface area contributed by atoms with Crippen LogP contribution in [0.2, 0.25) is 0 Å². The molecule has 0 aliphatic rings. The van der Waals surface area contributed by atoms with Crippen molar-refractivity contribution in [3.63, 3.8) is 0 Å². The molecule has 5 N–H and O–H groups in total. The highest BCUT2D eigenvalue weighted by Gasteiger charge is 2.22. The van der Waals surface area contributed by atoms with Crippen LogP contribution in [0.1, 0.15) is 48.5 Å². The van der Waals surface area contributed by atoms with Crippen LogP contribution in [0.15, 0.2) is 83.8 Å². The molecule has 41 heavy (non-hydrogen) atoms. The normalized spacial score (nSPS) is 13.0. The van der Waals surface area contributed by atoms with Gasteiger partial charge in [-0.2, -0.15) is 0 Å². The second-order valence-electron chi connectivity index (χ2n) is 9.59. The van der Waals surface area contributed by atoms with Crippen LogP contribution in [0.3, 0.4) is 0 Å². The first kappa shape index (κ1) is 31.5. The second kappa shape index (κ2) is 15.7. The van der Waals surface area contributed by atoms with Gasteiger partial charge in [0.25, 0.3) is 5.91 Å². The molecule has 3 aromatic carbocycles. The van der Waals surface area contributed by atoms with Gasteiger partial charge in [-0.1, -0.05) is 80.8 Å². The molecule has 3 amide bonds. The molecule has 0 aliphatic heterocycles. The lowest BCUT2D eigenvalue weighted by Crippen LogP contribution is -2.43. The summed E-state index contributed by atoms with van der Waals surface area (Å²) in [6.07, 6.45) is 3.91. The minimum absolute atomic E-state index is 0.0917. The number of unbranched alkanes of at least 4 members (excludes halogenated alkanes) is 2. The van der Waals surface area contributed by atoms with E-state index in [0.29, 0.717) is 29.5 Å². The van der Waals surface area contributed by atoms with E-state index in [2.05, 4.69) is 17.6 Å². The molecule has 11 heteroatoms. The number of hydrogen-bond acceptors (Lipinski definition) is 6. The Morgan fingerprint density at radius 3 is 2.39 bits per heavy atom. The van der Waals surface area contributed by atoms with Crippen LogP contribution in [-0.2, 0) is 30.9 Å². The van der Waals surface area contributed by atoms with E-state index in [1.165, 1.54) is 6.07 Å². The van der Waals surface area contributed by atoms with Crippen molar-refractivity contribution in [3.8, 4) is 11.1 Å². The Kier molecular flexibility index (Phi) is 12.0. The Morgan fingerprint density at radius 2 is 1.71 bits per heavy atom. The predicted molar refractivity (Wildman–Crippen MR) is 157 cm³/mol. The van der Waals surface area contributed by atoms with Crippen molar-refractivity contribution in [2.24, 2.45) is 11.1 Å². The summed E-state index contributed by atoms with van der Waals surface area (Å²) in [4.78, 5) is 43.3. The zero-order chi connectivity index (χ0) is 29.7. The number of hydrogen-bond donors (Lipinski definition) is 4. The van der Waals surface area contributed by atoms with Gasteiger partial charge < -0.3 is 10.6 Å². The Morgan fingerprint density at radius 1 is 1.00 bits per heavy atom. The quantitative estimate of drug-likeness (QED) is 0.0866. The van der Waals surface area contributed by atoms with Crippen molar-refractivity contribution < 1.29 is 23.4 Å². The molecule has 0 heterocycles. The van der Waals surface area contributed by atoms with Crippen molar-refractivity contribution in [1.29, 1.82) is 4.78 Å². The second-order valence-corrected chi connectivity index (χ2v) is 11.3.